The molecule has 1 heterocycles. The smallest absolute Gasteiger partial charge is 0.311 e. The van der Waals surface area contributed by atoms with Gasteiger partial charge >= 0.3 is 5.97 Å². The average Bonchev–Trinajstić information content (AvgIpc) is 2.83. The Morgan fingerprint density at radius 1 is 1.44 bits per heavy atom. The minimum atomic E-state index is -0.920. The Labute approximate surface area is 107 Å². The van der Waals surface area contributed by atoms with Crippen molar-refractivity contribution in [2.45, 2.75) is 38.8 Å². The lowest BCUT2D eigenvalue weighted by Gasteiger charge is -2.32. The van der Waals surface area contributed by atoms with Crippen molar-refractivity contribution < 1.29 is 19.4 Å². The van der Waals surface area contributed by atoms with Crippen molar-refractivity contribution in [2.24, 2.45) is 11.7 Å². The Hall–Kier alpha value is -1.14. The summed E-state index contributed by atoms with van der Waals surface area (Å²) in [7, 11) is 0. The summed E-state index contributed by atoms with van der Waals surface area (Å²) >= 11 is 0. The van der Waals surface area contributed by atoms with Gasteiger partial charge in [-0.05, 0) is 12.8 Å². The molecule has 0 bridgehead atoms. The highest BCUT2D eigenvalue weighted by molar-refractivity contribution is 5.83. The molecule has 1 amide bonds. The Morgan fingerprint density at radius 3 is 2.61 bits per heavy atom. The van der Waals surface area contributed by atoms with Crippen molar-refractivity contribution in [3.05, 3.63) is 0 Å². The summed E-state index contributed by atoms with van der Waals surface area (Å²) in [6.07, 6.45) is 1.31. The van der Waals surface area contributed by atoms with Gasteiger partial charge in [-0.15, -0.1) is 0 Å². The summed E-state index contributed by atoms with van der Waals surface area (Å²) in [5, 5.41) is 9.13. The van der Waals surface area contributed by atoms with E-state index in [9.17, 15) is 9.59 Å². The van der Waals surface area contributed by atoms with E-state index in [0.29, 0.717) is 13.0 Å². The summed E-state index contributed by atoms with van der Waals surface area (Å²) in [6, 6.07) is -0.959. The molecule has 3 unspecified atom stereocenters. The molecule has 1 saturated heterocycles. The summed E-state index contributed by atoms with van der Waals surface area (Å²) in [4.78, 5) is 24.9. The zero-order valence-corrected chi connectivity index (χ0v) is 11.0. The van der Waals surface area contributed by atoms with Gasteiger partial charge in [-0.25, -0.2) is 0 Å². The maximum absolute atomic E-state index is 12.2. The fourth-order valence-corrected chi connectivity index (χ4v) is 2.15. The maximum atomic E-state index is 12.2. The van der Waals surface area contributed by atoms with E-state index in [1.54, 1.807) is 4.90 Å². The molecule has 0 radical (unpaired) electrons. The van der Waals surface area contributed by atoms with Crippen LogP contribution in [0.4, 0.5) is 0 Å². The molecule has 0 spiro atoms. The van der Waals surface area contributed by atoms with Crippen LogP contribution in [0, 0.1) is 5.92 Å². The molecular formula is C12H22N2O4. The van der Waals surface area contributed by atoms with Crippen LogP contribution in [0.15, 0.2) is 0 Å². The second-order valence-corrected chi connectivity index (χ2v) is 4.60. The largest absolute Gasteiger partial charge is 0.481 e. The molecule has 0 aromatic heterocycles. The van der Waals surface area contributed by atoms with Crippen LogP contribution < -0.4 is 5.73 Å². The third-order valence-corrected chi connectivity index (χ3v) is 3.27. The van der Waals surface area contributed by atoms with Crippen LogP contribution in [0.2, 0.25) is 0 Å². The summed E-state index contributed by atoms with van der Waals surface area (Å²) in [5.41, 5.74) is 5.76. The SMILES string of the molecule is CCCN(C(=O)C(N)CC)C1COCC1C(=O)O. The van der Waals surface area contributed by atoms with Gasteiger partial charge in [0.25, 0.3) is 0 Å². The number of nitrogens with zero attached hydrogens (tertiary/aromatic N) is 1. The molecule has 0 saturated carbocycles. The van der Waals surface area contributed by atoms with Gasteiger partial charge < -0.3 is 20.5 Å². The standard InChI is InChI=1S/C12H22N2O4/c1-3-5-14(11(15)9(13)4-2)10-7-18-6-8(10)12(16)17/h8-10H,3-7,13H2,1-2H3,(H,16,17). The van der Waals surface area contributed by atoms with E-state index >= 15 is 0 Å². The van der Waals surface area contributed by atoms with Gasteiger partial charge in [0.1, 0.15) is 5.92 Å². The number of rotatable bonds is 6. The monoisotopic (exact) mass is 258 g/mol. The number of carboxylic acid groups (broad SMARTS) is 1. The Kier molecular flexibility index (Phi) is 5.55. The first kappa shape index (κ1) is 14.9. The first-order valence-corrected chi connectivity index (χ1v) is 6.39. The highest BCUT2D eigenvalue weighted by atomic mass is 16.5. The number of carbonyl (C=O) groups excluding carboxylic acids is 1. The van der Waals surface area contributed by atoms with Crippen LogP contribution in [0.25, 0.3) is 0 Å². The quantitative estimate of drug-likeness (QED) is 0.703. The Bertz CT molecular complexity index is 308. The van der Waals surface area contributed by atoms with Crippen LogP contribution in [-0.2, 0) is 14.3 Å². The van der Waals surface area contributed by atoms with E-state index in [2.05, 4.69) is 0 Å². The highest BCUT2D eigenvalue weighted by Crippen LogP contribution is 2.21. The number of ether oxygens (including phenoxy) is 1. The van der Waals surface area contributed by atoms with Gasteiger partial charge in [-0.3, -0.25) is 9.59 Å². The van der Waals surface area contributed by atoms with Gasteiger partial charge in [-0.2, -0.15) is 0 Å². The molecule has 0 aliphatic carbocycles. The number of hydrogen-bond acceptors (Lipinski definition) is 4. The van der Waals surface area contributed by atoms with Crippen molar-refractivity contribution in [3.8, 4) is 0 Å². The molecule has 1 rings (SSSR count). The van der Waals surface area contributed by atoms with Gasteiger partial charge in [0.15, 0.2) is 0 Å². The van der Waals surface area contributed by atoms with Crippen LogP contribution in [0.5, 0.6) is 0 Å². The number of amides is 1. The summed E-state index contributed by atoms with van der Waals surface area (Å²) < 4.78 is 5.21. The fourth-order valence-electron chi connectivity index (χ4n) is 2.15. The van der Waals surface area contributed by atoms with Gasteiger partial charge in [0.05, 0.1) is 25.3 Å². The minimum absolute atomic E-state index is 0.162. The third kappa shape index (κ3) is 3.20. The molecule has 1 aliphatic heterocycles. The first-order valence-electron chi connectivity index (χ1n) is 6.39. The molecule has 104 valence electrons. The van der Waals surface area contributed by atoms with Crippen molar-refractivity contribution in [3.63, 3.8) is 0 Å². The number of carboxylic acids is 1. The molecule has 3 N–H and O–H groups in total. The van der Waals surface area contributed by atoms with E-state index in [1.165, 1.54) is 0 Å². The van der Waals surface area contributed by atoms with E-state index in [-0.39, 0.29) is 19.1 Å². The molecule has 6 heteroatoms. The Balaban J connectivity index is 2.83. The molecule has 6 nitrogen and oxygen atoms in total. The zero-order chi connectivity index (χ0) is 13.7. The summed E-state index contributed by atoms with van der Waals surface area (Å²) in [6.45, 7) is 4.74. The fraction of sp³-hybridized carbons (Fsp3) is 0.833. The van der Waals surface area contributed by atoms with Crippen LogP contribution in [0.3, 0.4) is 0 Å². The number of carbonyl (C=O) groups is 2. The van der Waals surface area contributed by atoms with Crippen LogP contribution in [0.1, 0.15) is 26.7 Å². The van der Waals surface area contributed by atoms with Crippen molar-refractivity contribution in [2.75, 3.05) is 19.8 Å². The summed E-state index contributed by atoms with van der Waals surface area (Å²) in [5.74, 6) is -1.75. The Morgan fingerprint density at radius 2 is 2.11 bits per heavy atom. The number of hydrogen-bond donors (Lipinski definition) is 2. The van der Waals surface area contributed by atoms with Gasteiger partial charge in [0, 0.05) is 6.54 Å². The molecule has 1 fully saturated rings. The normalized spacial score (nSPS) is 24.8. The minimum Gasteiger partial charge on any atom is -0.481 e. The highest BCUT2D eigenvalue weighted by Gasteiger charge is 2.40. The molecule has 0 aromatic carbocycles. The molecule has 0 aromatic rings. The third-order valence-electron chi connectivity index (χ3n) is 3.27. The van der Waals surface area contributed by atoms with Gasteiger partial charge in [0.2, 0.25) is 5.91 Å². The maximum Gasteiger partial charge on any atom is 0.311 e. The van der Waals surface area contributed by atoms with E-state index < -0.39 is 24.0 Å². The van der Waals surface area contributed by atoms with E-state index in [1.807, 2.05) is 13.8 Å². The molecule has 18 heavy (non-hydrogen) atoms. The van der Waals surface area contributed by atoms with Crippen molar-refractivity contribution >= 4 is 11.9 Å². The molecular weight excluding hydrogens is 236 g/mol. The van der Waals surface area contributed by atoms with Crippen molar-refractivity contribution in [1.82, 2.24) is 4.90 Å². The average molecular weight is 258 g/mol. The lowest BCUT2D eigenvalue weighted by molar-refractivity contribution is -0.145. The first-order chi connectivity index (χ1) is 8.52. The number of aliphatic carboxylic acids is 1. The number of nitrogens with two attached hydrogens (primary N) is 1. The second kappa shape index (κ2) is 6.70. The van der Waals surface area contributed by atoms with Crippen LogP contribution in [-0.4, -0.2) is 53.7 Å². The van der Waals surface area contributed by atoms with Gasteiger partial charge in [-0.1, -0.05) is 13.8 Å². The lowest BCUT2D eigenvalue weighted by atomic mass is 10.0. The van der Waals surface area contributed by atoms with E-state index in [0.717, 1.165) is 6.42 Å². The van der Waals surface area contributed by atoms with Crippen LogP contribution >= 0.6 is 0 Å². The lowest BCUT2D eigenvalue weighted by Crippen LogP contribution is -2.52. The predicted octanol–water partition coefficient (Wildman–Crippen LogP) is 0.0619. The predicted molar refractivity (Wildman–Crippen MR) is 66.0 cm³/mol. The second-order valence-electron chi connectivity index (χ2n) is 4.60. The van der Waals surface area contributed by atoms with E-state index in [4.69, 9.17) is 15.6 Å². The molecule has 3 atom stereocenters. The topological polar surface area (TPSA) is 92.9 Å². The van der Waals surface area contributed by atoms with Crippen molar-refractivity contribution in [1.29, 1.82) is 0 Å². The zero-order valence-electron chi connectivity index (χ0n) is 11.0. The molecule has 1 aliphatic rings.